The Hall–Kier alpha value is -4.73. The van der Waals surface area contributed by atoms with Crippen LogP contribution >= 0.6 is 0 Å². The molecule has 0 aliphatic heterocycles. The maximum atomic E-state index is 12.9. The van der Waals surface area contributed by atoms with Crippen LogP contribution in [0.2, 0.25) is 0 Å². The van der Waals surface area contributed by atoms with Gasteiger partial charge in [-0.25, -0.2) is 9.50 Å². The minimum atomic E-state index is -0.538. The molecule has 0 bridgehead atoms. The van der Waals surface area contributed by atoms with Gasteiger partial charge < -0.3 is 11.1 Å². The molecule has 0 saturated heterocycles. The van der Waals surface area contributed by atoms with Crippen LogP contribution in [0.1, 0.15) is 10.4 Å². The number of carbonyl (C=O) groups is 1. The van der Waals surface area contributed by atoms with Crippen molar-refractivity contribution < 1.29 is 4.79 Å². The van der Waals surface area contributed by atoms with Gasteiger partial charge in [0.05, 0.1) is 5.69 Å². The van der Waals surface area contributed by atoms with E-state index in [0.29, 0.717) is 11.5 Å². The fraction of sp³-hybridized carbons (Fsp3) is 0. The molecule has 5 N–H and O–H groups in total. The fourth-order valence-corrected chi connectivity index (χ4v) is 3.34. The van der Waals surface area contributed by atoms with Crippen molar-refractivity contribution in [3.63, 3.8) is 0 Å². The number of hydrogen-bond donors (Lipinski definition) is 4. The number of carbonyl (C=O) groups excluding carboxylic acids is 1. The van der Waals surface area contributed by atoms with E-state index in [2.05, 4.69) is 30.7 Å². The summed E-state index contributed by atoms with van der Waals surface area (Å²) in [6.45, 7) is 0. The summed E-state index contributed by atoms with van der Waals surface area (Å²) >= 11 is 0. The second-order valence-electron chi connectivity index (χ2n) is 6.73. The fourth-order valence-electron chi connectivity index (χ4n) is 3.34. The molecule has 3 aromatic heterocycles. The second kappa shape index (κ2) is 7.26. The van der Waals surface area contributed by atoms with Gasteiger partial charge in [-0.05, 0) is 0 Å². The predicted octanol–water partition coefficient (Wildman–Crippen LogP) is 2.31. The van der Waals surface area contributed by atoms with Crippen LogP contribution in [0, 0.1) is 0 Å². The standard InChI is InChI=1S/C21H16N8O2/c22-18-16(17(25-26-18)12-7-3-1-4-8-12)20(31)23-14-11-15(30)29-19(27-28-21(29)24-14)13-9-5-2-6-10-13/h1-11H,(H,23,31)(H,24,28)(H3,22,25,26). The highest BCUT2D eigenvalue weighted by atomic mass is 16.2. The molecule has 2 aromatic carbocycles. The Morgan fingerprint density at radius 1 is 0.935 bits per heavy atom. The summed E-state index contributed by atoms with van der Waals surface area (Å²) in [6, 6.07) is 19.7. The number of fused-ring (bicyclic) bond motifs is 1. The zero-order valence-electron chi connectivity index (χ0n) is 16.0. The second-order valence-corrected chi connectivity index (χ2v) is 6.73. The number of amides is 1. The number of aromatic amines is 2. The van der Waals surface area contributed by atoms with Crippen LogP contribution in [-0.2, 0) is 0 Å². The molecule has 10 heteroatoms. The monoisotopic (exact) mass is 412 g/mol. The normalized spacial score (nSPS) is 11.0. The molecule has 0 aliphatic rings. The van der Waals surface area contributed by atoms with Crippen LogP contribution in [0.4, 0.5) is 11.6 Å². The van der Waals surface area contributed by atoms with Crippen LogP contribution in [-0.4, -0.2) is 35.7 Å². The van der Waals surface area contributed by atoms with E-state index < -0.39 is 11.5 Å². The number of hydrogen-bond acceptors (Lipinski definition) is 6. The van der Waals surface area contributed by atoms with Crippen LogP contribution in [0.15, 0.2) is 71.5 Å². The third-order valence-electron chi connectivity index (χ3n) is 4.75. The minimum absolute atomic E-state index is 0.0436. The molecule has 5 aromatic rings. The molecular weight excluding hydrogens is 396 g/mol. The van der Waals surface area contributed by atoms with Crippen molar-refractivity contribution in [1.82, 2.24) is 29.8 Å². The van der Waals surface area contributed by atoms with Crippen molar-refractivity contribution in [2.45, 2.75) is 0 Å². The molecule has 31 heavy (non-hydrogen) atoms. The highest BCUT2D eigenvalue weighted by Gasteiger charge is 2.21. The number of nitrogens with one attached hydrogen (secondary N) is 3. The van der Waals surface area contributed by atoms with Gasteiger partial charge in [-0.2, -0.15) is 15.2 Å². The summed E-state index contributed by atoms with van der Waals surface area (Å²) in [7, 11) is 0. The summed E-state index contributed by atoms with van der Waals surface area (Å²) in [6.07, 6.45) is 0. The number of benzene rings is 2. The molecule has 5 rings (SSSR count). The molecule has 0 saturated carbocycles. The molecule has 0 atom stereocenters. The van der Waals surface area contributed by atoms with Gasteiger partial charge >= 0.3 is 0 Å². The molecule has 1 amide bonds. The smallest absolute Gasteiger partial charge is 0.262 e. The Morgan fingerprint density at radius 3 is 2.32 bits per heavy atom. The molecule has 3 heterocycles. The molecule has 152 valence electrons. The number of anilines is 2. The first-order valence-corrected chi connectivity index (χ1v) is 9.36. The largest absolute Gasteiger partial charge is 0.382 e. The molecule has 0 unspecified atom stereocenters. The van der Waals surface area contributed by atoms with Crippen molar-refractivity contribution in [2.24, 2.45) is 0 Å². The van der Waals surface area contributed by atoms with E-state index in [9.17, 15) is 9.59 Å². The minimum Gasteiger partial charge on any atom is -0.382 e. The van der Waals surface area contributed by atoms with E-state index in [1.165, 1.54) is 10.5 Å². The molecular formula is C21H16N8O2. The average Bonchev–Trinajstić information content (AvgIpc) is 3.39. The Kier molecular flexibility index (Phi) is 4.29. The van der Waals surface area contributed by atoms with Gasteiger partial charge in [0, 0.05) is 17.2 Å². The zero-order valence-corrected chi connectivity index (χ0v) is 16.0. The van der Waals surface area contributed by atoms with Crippen molar-refractivity contribution in [1.29, 1.82) is 0 Å². The predicted molar refractivity (Wildman–Crippen MR) is 115 cm³/mol. The van der Waals surface area contributed by atoms with Gasteiger partial charge in [0.2, 0.25) is 5.78 Å². The van der Waals surface area contributed by atoms with Crippen LogP contribution in [0.25, 0.3) is 28.4 Å². The van der Waals surface area contributed by atoms with Crippen molar-refractivity contribution >= 4 is 23.3 Å². The van der Waals surface area contributed by atoms with Gasteiger partial charge in [-0.3, -0.25) is 14.7 Å². The zero-order chi connectivity index (χ0) is 21.4. The van der Waals surface area contributed by atoms with Crippen LogP contribution in [0.5, 0.6) is 0 Å². The first-order valence-electron chi connectivity index (χ1n) is 9.36. The van der Waals surface area contributed by atoms with E-state index in [1.807, 2.05) is 60.7 Å². The van der Waals surface area contributed by atoms with E-state index in [0.717, 1.165) is 11.1 Å². The number of nitrogen functional groups attached to an aromatic ring is 1. The molecule has 0 fully saturated rings. The first-order chi connectivity index (χ1) is 15.1. The molecule has 0 spiro atoms. The quantitative estimate of drug-likeness (QED) is 0.356. The first kappa shape index (κ1) is 18.3. The Labute approximate surface area is 174 Å². The molecule has 0 aliphatic carbocycles. The van der Waals surface area contributed by atoms with Gasteiger partial charge in [0.1, 0.15) is 11.4 Å². The SMILES string of the molecule is Nc1n[nH]c(-c2ccccc2)c1C(=O)Nc1cc(=O)n2c(-c3ccccc3)n[nH]c2n1. The third kappa shape index (κ3) is 3.21. The van der Waals surface area contributed by atoms with E-state index in [4.69, 9.17) is 5.73 Å². The number of nitrogens with zero attached hydrogens (tertiary/aromatic N) is 4. The number of H-pyrrole nitrogens is 2. The summed E-state index contributed by atoms with van der Waals surface area (Å²) < 4.78 is 1.34. The van der Waals surface area contributed by atoms with Crippen LogP contribution in [0.3, 0.4) is 0 Å². The highest BCUT2D eigenvalue weighted by molar-refractivity contribution is 6.11. The maximum absolute atomic E-state index is 12.9. The number of rotatable bonds is 4. The number of aromatic nitrogens is 6. The Bertz CT molecular complexity index is 1450. The third-order valence-corrected chi connectivity index (χ3v) is 4.75. The van der Waals surface area contributed by atoms with Gasteiger partial charge in [-0.1, -0.05) is 60.7 Å². The lowest BCUT2D eigenvalue weighted by Gasteiger charge is -2.06. The summed E-state index contributed by atoms with van der Waals surface area (Å²) in [5, 5.41) is 16.3. The maximum Gasteiger partial charge on any atom is 0.262 e. The molecule has 0 radical (unpaired) electrons. The van der Waals surface area contributed by atoms with E-state index in [1.54, 1.807) is 0 Å². The summed E-state index contributed by atoms with van der Waals surface area (Å²) in [5.41, 5.74) is 7.68. The average molecular weight is 412 g/mol. The summed E-state index contributed by atoms with van der Waals surface area (Å²) in [5.74, 6) is 0.200. The Balaban J connectivity index is 1.51. The highest BCUT2D eigenvalue weighted by Crippen LogP contribution is 2.26. The number of nitrogens with two attached hydrogens (primary N) is 1. The van der Waals surface area contributed by atoms with Gasteiger partial charge in [-0.15, -0.1) is 0 Å². The lowest BCUT2D eigenvalue weighted by molar-refractivity contribution is 0.102. The van der Waals surface area contributed by atoms with Crippen LogP contribution < -0.4 is 16.6 Å². The summed E-state index contributed by atoms with van der Waals surface area (Å²) in [4.78, 5) is 30.0. The lowest BCUT2D eigenvalue weighted by Crippen LogP contribution is -2.20. The molecule has 10 nitrogen and oxygen atoms in total. The lowest BCUT2D eigenvalue weighted by atomic mass is 10.1. The van der Waals surface area contributed by atoms with E-state index in [-0.39, 0.29) is 23.0 Å². The Morgan fingerprint density at radius 2 is 1.61 bits per heavy atom. The topological polar surface area (TPSA) is 147 Å². The van der Waals surface area contributed by atoms with E-state index >= 15 is 0 Å². The van der Waals surface area contributed by atoms with Gasteiger partial charge in [0.25, 0.3) is 11.5 Å². The van der Waals surface area contributed by atoms with Gasteiger partial charge in [0.15, 0.2) is 11.6 Å². The van der Waals surface area contributed by atoms with Crippen molar-refractivity contribution in [3.8, 4) is 22.6 Å². The van der Waals surface area contributed by atoms with Crippen molar-refractivity contribution in [2.75, 3.05) is 11.1 Å². The van der Waals surface area contributed by atoms with Crippen molar-refractivity contribution in [3.05, 3.63) is 82.6 Å².